The summed E-state index contributed by atoms with van der Waals surface area (Å²) in [5.74, 6) is 0.485. The number of aromatic nitrogens is 2. The van der Waals surface area contributed by atoms with Crippen molar-refractivity contribution in [1.29, 1.82) is 0 Å². The van der Waals surface area contributed by atoms with Crippen LogP contribution in [0.4, 0.5) is 6.01 Å². The highest BCUT2D eigenvalue weighted by Gasteiger charge is 2.07. The number of hydrogen-bond acceptors (Lipinski definition) is 4. The van der Waals surface area contributed by atoms with Crippen LogP contribution < -0.4 is 5.32 Å². The van der Waals surface area contributed by atoms with Gasteiger partial charge in [-0.1, -0.05) is 18.9 Å². The van der Waals surface area contributed by atoms with Crippen molar-refractivity contribution in [3.8, 4) is 0 Å². The molecule has 5 nitrogen and oxygen atoms in total. The summed E-state index contributed by atoms with van der Waals surface area (Å²) in [6.45, 7) is 3.97. The Kier molecular flexibility index (Phi) is 4.10. The maximum absolute atomic E-state index is 11.1. The van der Waals surface area contributed by atoms with Crippen LogP contribution in [-0.4, -0.2) is 16.1 Å². The van der Waals surface area contributed by atoms with Gasteiger partial charge in [0.05, 0.1) is 0 Å². The number of rotatable bonds is 5. The molecule has 0 fully saturated rings. The van der Waals surface area contributed by atoms with Gasteiger partial charge in [-0.15, -0.1) is 5.10 Å². The van der Waals surface area contributed by atoms with E-state index in [0.717, 1.165) is 19.3 Å². The van der Waals surface area contributed by atoms with E-state index in [2.05, 4.69) is 15.5 Å². The highest BCUT2D eigenvalue weighted by atomic mass is 16.4. The molecule has 0 unspecified atom stereocenters. The van der Waals surface area contributed by atoms with Gasteiger partial charge in [0, 0.05) is 12.8 Å². The lowest BCUT2D eigenvalue weighted by molar-refractivity contribution is -0.116. The van der Waals surface area contributed by atoms with Crippen molar-refractivity contribution in [3.05, 3.63) is 5.89 Å². The second kappa shape index (κ2) is 5.36. The topological polar surface area (TPSA) is 68.0 Å². The molecular weight excluding hydrogens is 182 g/mol. The van der Waals surface area contributed by atoms with Crippen molar-refractivity contribution in [2.75, 3.05) is 5.32 Å². The molecule has 0 bridgehead atoms. The molecule has 5 heteroatoms. The van der Waals surface area contributed by atoms with Gasteiger partial charge in [-0.3, -0.25) is 10.1 Å². The summed E-state index contributed by atoms with van der Waals surface area (Å²) < 4.78 is 5.19. The summed E-state index contributed by atoms with van der Waals surface area (Å²) in [5.41, 5.74) is 0. The Balaban J connectivity index is 2.46. The van der Waals surface area contributed by atoms with E-state index in [4.69, 9.17) is 4.42 Å². The standard InChI is InChI=1S/C9H15N3O2/c1-3-5-7(13)10-9-12-11-8(14-9)6-4-2/h3-6H2,1-2H3,(H,10,12,13). The van der Waals surface area contributed by atoms with Crippen LogP contribution in [0.3, 0.4) is 0 Å². The predicted molar refractivity (Wildman–Crippen MR) is 51.8 cm³/mol. The lowest BCUT2D eigenvalue weighted by Gasteiger charge is -1.96. The van der Waals surface area contributed by atoms with Gasteiger partial charge in [-0.2, -0.15) is 0 Å². The molecule has 0 atom stereocenters. The largest absolute Gasteiger partial charge is 0.408 e. The smallest absolute Gasteiger partial charge is 0.322 e. The average Bonchev–Trinajstić information content (AvgIpc) is 2.53. The Morgan fingerprint density at radius 3 is 2.79 bits per heavy atom. The lowest BCUT2D eigenvalue weighted by atomic mass is 10.3. The van der Waals surface area contributed by atoms with Crippen molar-refractivity contribution in [2.45, 2.75) is 39.5 Å². The van der Waals surface area contributed by atoms with Crippen LogP contribution in [0.2, 0.25) is 0 Å². The molecule has 1 N–H and O–H groups in total. The van der Waals surface area contributed by atoms with Gasteiger partial charge < -0.3 is 4.42 Å². The maximum atomic E-state index is 11.1. The summed E-state index contributed by atoms with van der Waals surface area (Å²) >= 11 is 0. The molecular formula is C9H15N3O2. The SMILES string of the molecule is CCCC(=O)Nc1nnc(CCC)o1. The van der Waals surface area contributed by atoms with Gasteiger partial charge in [0.15, 0.2) is 0 Å². The molecule has 1 amide bonds. The van der Waals surface area contributed by atoms with E-state index < -0.39 is 0 Å². The maximum Gasteiger partial charge on any atom is 0.322 e. The van der Waals surface area contributed by atoms with Crippen LogP contribution >= 0.6 is 0 Å². The van der Waals surface area contributed by atoms with Crippen LogP contribution in [0.15, 0.2) is 4.42 Å². The zero-order chi connectivity index (χ0) is 10.4. The number of nitrogens with zero attached hydrogens (tertiary/aromatic N) is 2. The minimum Gasteiger partial charge on any atom is -0.408 e. The monoisotopic (exact) mass is 197 g/mol. The molecule has 1 aromatic heterocycles. The average molecular weight is 197 g/mol. The highest BCUT2D eigenvalue weighted by molar-refractivity contribution is 5.88. The Bertz CT molecular complexity index is 296. The van der Waals surface area contributed by atoms with E-state index in [1.807, 2.05) is 13.8 Å². The molecule has 78 valence electrons. The summed E-state index contributed by atoms with van der Waals surface area (Å²) in [5, 5.41) is 10.0. The molecule has 0 spiro atoms. The fraction of sp³-hybridized carbons (Fsp3) is 0.667. The van der Waals surface area contributed by atoms with Crippen molar-refractivity contribution in [2.24, 2.45) is 0 Å². The molecule has 0 aliphatic carbocycles. The van der Waals surface area contributed by atoms with Gasteiger partial charge in [0.1, 0.15) is 0 Å². The molecule has 1 rings (SSSR count). The molecule has 0 radical (unpaired) electrons. The number of aryl methyl sites for hydroxylation is 1. The number of nitrogens with one attached hydrogen (secondary N) is 1. The molecule has 0 aromatic carbocycles. The van der Waals surface area contributed by atoms with Crippen molar-refractivity contribution >= 4 is 11.9 Å². The van der Waals surface area contributed by atoms with Gasteiger partial charge in [0.2, 0.25) is 11.8 Å². The number of anilines is 1. The van der Waals surface area contributed by atoms with Crippen LogP contribution in [0, 0.1) is 0 Å². The van der Waals surface area contributed by atoms with Crippen LogP contribution in [0.1, 0.15) is 39.0 Å². The Hall–Kier alpha value is -1.39. The number of amides is 1. The summed E-state index contributed by atoms with van der Waals surface area (Å²) in [6.07, 6.45) is 2.98. The van der Waals surface area contributed by atoms with E-state index >= 15 is 0 Å². The van der Waals surface area contributed by atoms with Crippen molar-refractivity contribution < 1.29 is 9.21 Å². The summed E-state index contributed by atoms with van der Waals surface area (Å²) in [4.78, 5) is 11.1. The lowest BCUT2D eigenvalue weighted by Crippen LogP contribution is -2.10. The first-order chi connectivity index (χ1) is 6.76. The van der Waals surface area contributed by atoms with Gasteiger partial charge in [0.25, 0.3) is 0 Å². The molecule has 0 saturated carbocycles. The van der Waals surface area contributed by atoms with E-state index in [9.17, 15) is 4.79 Å². The fourth-order valence-corrected chi connectivity index (χ4v) is 1.03. The molecule has 0 aliphatic heterocycles. The zero-order valence-corrected chi connectivity index (χ0v) is 8.54. The summed E-state index contributed by atoms with van der Waals surface area (Å²) in [6, 6.07) is 0.201. The Morgan fingerprint density at radius 2 is 2.14 bits per heavy atom. The molecule has 0 aliphatic rings. The molecule has 0 saturated heterocycles. The third kappa shape index (κ3) is 3.16. The van der Waals surface area contributed by atoms with Gasteiger partial charge in [-0.25, -0.2) is 0 Å². The van der Waals surface area contributed by atoms with Crippen molar-refractivity contribution in [3.63, 3.8) is 0 Å². The van der Waals surface area contributed by atoms with E-state index in [1.165, 1.54) is 0 Å². The number of carbonyl (C=O) groups is 1. The second-order valence-corrected chi connectivity index (χ2v) is 3.05. The number of hydrogen-bond donors (Lipinski definition) is 1. The van der Waals surface area contributed by atoms with Crippen molar-refractivity contribution in [1.82, 2.24) is 10.2 Å². The fourth-order valence-electron chi connectivity index (χ4n) is 1.03. The molecule has 14 heavy (non-hydrogen) atoms. The second-order valence-electron chi connectivity index (χ2n) is 3.05. The van der Waals surface area contributed by atoms with E-state index in [-0.39, 0.29) is 11.9 Å². The summed E-state index contributed by atoms with van der Waals surface area (Å²) in [7, 11) is 0. The van der Waals surface area contributed by atoms with E-state index in [0.29, 0.717) is 12.3 Å². The van der Waals surface area contributed by atoms with Gasteiger partial charge >= 0.3 is 6.01 Å². The Morgan fingerprint density at radius 1 is 1.36 bits per heavy atom. The zero-order valence-electron chi connectivity index (χ0n) is 8.54. The minimum absolute atomic E-state index is 0.0841. The number of carbonyl (C=O) groups excluding carboxylic acids is 1. The van der Waals surface area contributed by atoms with Crippen LogP contribution in [0.5, 0.6) is 0 Å². The van der Waals surface area contributed by atoms with Gasteiger partial charge in [-0.05, 0) is 12.8 Å². The third-order valence-electron chi connectivity index (χ3n) is 1.65. The third-order valence-corrected chi connectivity index (χ3v) is 1.65. The van der Waals surface area contributed by atoms with Crippen LogP contribution in [-0.2, 0) is 11.2 Å². The quantitative estimate of drug-likeness (QED) is 0.780. The first kappa shape index (κ1) is 10.7. The predicted octanol–water partition coefficient (Wildman–Crippen LogP) is 1.76. The highest BCUT2D eigenvalue weighted by Crippen LogP contribution is 2.07. The first-order valence-corrected chi connectivity index (χ1v) is 4.88. The minimum atomic E-state index is -0.0841. The first-order valence-electron chi connectivity index (χ1n) is 4.88. The van der Waals surface area contributed by atoms with E-state index in [1.54, 1.807) is 0 Å². The Labute approximate surface area is 82.9 Å². The normalized spacial score (nSPS) is 10.1. The molecule has 1 aromatic rings. The molecule has 1 heterocycles. The van der Waals surface area contributed by atoms with Crippen LogP contribution in [0.25, 0.3) is 0 Å².